The molecule has 504 valence electrons. The van der Waals surface area contributed by atoms with Crippen LogP contribution in [-0.2, 0) is 18.4 Å². The van der Waals surface area contributed by atoms with Gasteiger partial charge in [0, 0.05) is 6.42 Å². The summed E-state index contributed by atoms with van der Waals surface area (Å²) in [4.78, 5) is 25.6. The van der Waals surface area contributed by atoms with Crippen molar-refractivity contribution in [1.82, 2.24) is 5.32 Å². The van der Waals surface area contributed by atoms with Gasteiger partial charge in [-0.3, -0.25) is 9.36 Å². The van der Waals surface area contributed by atoms with Crippen LogP contribution in [0.3, 0.4) is 0 Å². The van der Waals surface area contributed by atoms with Crippen LogP contribution in [0.15, 0.2) is 36.5 Å². The zero-order valence-corrected chi connectivity index (χ0v) is 58.7. The van der Waals surface area contributed by atoms with Gasteiger partial charge in [-0.15, -0.1) is 0 Å². The molecule has 0 fully saturated rings. The first-order valence-corrected chi connectivity index (χ1v) is 39.3. The van der Waals surface area contributed by atoms with Gasteiger partial charge >= 0.3 is 0 Å². The van der Waals surface area contributed by atoms with Gasteiger partial charge in [0.05, 0.1) is 39.9 Å². The van der Waals surface area contributed by atoms with Gasteiger partial charge in [-0.2, -0.15) is 0 Å². The molecular weight excluding hydrogens is 1070 g/mol. The van der Waals surface area contributed by atoms with Crippen molar-refractivity contribution in [3.63, 3.8) is 0 Å². The van der Waals surface area contributed by atoms with E-state index < -0.39 is 26.6 Å². The number of nitrogens with one attached hydrogen (secondary N) is 1. The van der Waals surface area contributed by atoms with Crippen LogP contribution in [0.1, 0.15) is 393 Å². The number of quaternary nitrogens is 1. The number of phosphoric acid groups is 1. The number of hydrogen-bond donors (Lipinski definition) is 2. The third-order valence-corrected chi connectivity index (χ3v) is 18.5. The number of unbranched alkanes of at least 4 members (excludes halogenated alkanes) is 54. The van der Waals surface area contributed by atoms with Crippen LogP contribution in [0.2, 0.25) is 0 Å². The fourth-order valence-corrected chi connectivity index (χ4v) is 12.4. The van der Waals surface area contributed by atoms with Gasteiger partial charge in [0.15, 0.2) is 0 Å². The van der Waals surface area contributed by atoms with E-state index in [1.165, 1.54) is 327 Å². The summed E-state index contributed by atoms with van der Waals surface area (Å²) in [6, 6.07) is -0.910. The van der Waals surface area contributed by atoms with E-state index in [1.807, 2.05) is 27.2 Å². The van der Waals surface area contributed by atoms with E-state index in [0.717, 1.165) is 44.9 Å². The lowest BCUT2D eigenvalue weighted by atomic mass is 10.0. The molecule has 0 rings (SSSR count). The SMILES string of the molecule is CCCCCCCCCCCCCCCCC/C=C/CC/C=C/CC/C=C/C(O)C(COP(=O)([O-])OCC[N+](C)(C)C)NC(=O)CCCCCCCCCCCCCCCCCCCCCCCCCCCCCCCCCCCCCCCC. The topological polar surface area (TPSA) is 108 Å². The Labute approximate surface area is 531 Å². The van der Waals surface area contributed by atoms with Gasteiger partial charge in [0.25, 0.3) is 7.82 Å². The molecule has 9 heteroatoms. The normalized spacial score (nSPS) is 13.7. The Hall–Kier alpha value is -1.28. The first-order valence-electron chi connectivity index (χ1n) is 37.9. The number of carbonyl (C=O) groups is 1. The summed E-state index contributed by atoms with van der Waals surface area (Å²) in [6.07, 6.45) is 90.3. The predicted octanol–water partition coefficient (Wildman–Crippen LogP) is 23.8. The Balaban J connectivity index is 3.98. The van der Waals surface area contributed by atoms with Crippen LogP contribution >= 0.6 is 7.82 Å². The Morgan fingerprint density at radius 2 is 0.659 bits per heavy atom. The zero-order chi connectivity index (χ0) is 61.9. The van der Waals surface area contributed by atoms with Gasteiger partial charge in [0.2, 0.25) is 5.91 Å². The lowest BCUT2D eigenvalue weighted by molar-refractivity contribution is -0.870. The molecule has 3 unspecified atom stereocenters. The van der Waals surface area contributed by atoms with Crippen molar-refractivity contribution in [2.45, 2.75) is 405 Å². The molecule has 2 N–H and O–H groups in total. The standard InChI is InChI=1S/C76H149N2O6P/c1-6-8-10-12-14-16-18-20-22-24-26-28-30-32-33-34-35-36-37-38-39-40-41-42-43-44-46-48-50-52-54-56-58-60-62-64-66-68-70-76(80)77-74(73-84-85(81,82)83-72-71-78(3,4)5)75(79)69-67-65-63-61-59-57-55-53-51-49-47-45-31-29-27-25-23-21-19-17-15-13-11-9-7-2/h51,53,59,61,67,69,74-75,79H,6-50,52,54-58,60,62-66,68,70-73H2,1-5H3,(H-,77,80,81,82)/b53-51+,61-59+,69-67+. The van der Waals surface area contributed by atoms with Crippen LogP contribution in [0.4, 0.5) is 0 Å². The minimum Gasteiger partial charge on any atom is -0.756 e. The van der Waals surface area contributed by atoms with Crippen molar-refractivity contribution in [2.24, 2.45) is 0 Å². The number of nitrogens with zero attached hydrogens (tertiary/aromatic N) is 1. The summed E-state index contributed by atoms with van der Waals surface area (Å²) < 4.78 is 23.5. The number of amides is 1. The number of allylic oxidation sites excluding steroid dienone is 5. The minimum absolute atomic E-state index is 0.00703. The Morgan fingerprint density at radius 1 is 0.400 bits per heavy atom. The fraction of sp³-hybridized carbons (Fsp3) is 0.908. The Bertz CT molecular complexity index is 1480. The number of phosphoric ester groups is 1. The lowest BCUT2D eigenvalue weighted by Crippen LogP contribution is -2.45. The van der Waals surface area contributed by atoms with Crippen molar-refractivity contribution in [3.05, 3.63) is 36.5 Å². The summed E-state index contributed by atoms with van der Waals surface area (Å²) in [6.45, 7) is 4.68. The van der Waals surface area contributed by atoms with E-state index in [4.69, 9.17) is 9.05 Å². The molecule has 8 nitrogen and oxygen atoms in total. The molecule has 0 aromatic carbocycles. The number of rotatable bonds is 71. The number of aliphatic hydroxyl groups is 1. The summed E-state index contributed by atoms with van der Waals surface area (Å²) in [5.41, 5.74) is 0. The van der Waals surface area contributed by atoms with E-state index >= 15 is 0 Å². The van der Waals surface area contributed by atoms with Crippen molar-refractivity contribution >= 4 is 13.7 Å². The van der Waals surface area contributed by atoms with Crippen LogP contribution < -0.4 is 10.2 Å². The molecule has 0 saturated carbocycles. The van der Waals surface area contributed by atoms with Gasteiger partial charge in [-0.05, 0) is 44.9 Å². The fourth-order valence-electron chi connectivity index (χ4n) is 11.7. The maximum absolute atomic E-state index is 13.0. The Kier molecular flexibility index (Phi) is 66.1. The monoisotopic (exact) mass is 1220 g/mol. The van der Waals surface area contributed by atoms with E-state index in [1.54, 1.807) is 6.08 Å². The third-order valence-electron chi connectivity index (χ3n) is 17.6. The number of hydrogen-bond acceptors (Lipinski definition) is 6. The number of aliphatic hydroxyl groups excluding tert-OH is 1. The van der Waals surface area contributed by atoms with Crippen LogP contribution in [-0.4, -0.2) is 68.5 Å². The summed E-state index contributed by atoms with van der Waals surface area (Å²) in [7, 11) is 1.25. The van der Waals surface area contributed by atoms with Gasteiger partial charge in [-0.25, -0.2) is 0 Å². The smallest absolute Gasteiger partial charge is 0.268 e. The van der Waals surface area contributed by atoms with Crippen molar-refractivity contribution < 1.29 is 32.9 Å². The third kappa shape index (κ3) is 70.0. The van der Waals surface area contributed by atoms with Gasteiger partial charge < -0.3 is 28.8 Å². The second kappa shape index (κ2) is 67.1. The molecule has 0 heterocycles. The zero-order valence-electron chi connectivity index (χ0n) is 57.8. The average molecular weight is 1220 g/mol. The maximum Gasteiger partial charge on any atom is 0.268 e. The average Bonchev–Trinajstić information content (AvgIpc) is 3.49. The minimum atomic E-state index is -4.62. The van der Waals surface area contributed by atoms with E-state index in [9.17, 15) is 19.4 Å². The molecule has 1 amide bonds. The molecule has 0 radical (unpaired) electrons. The maximum atomic E-state index is 13.0. The largest absolute Gasteiger partial charge is 0.756 e. The first kappa shape index (κ1) is 83.7. The molecule has 0 aromatic heterocycles. The van der Waals surface area contributed by atoms with Crippen LogP contribution in [0.5, 0.6) is 0 Å². The first-order chi connectivity index (χ1) is 41.5. The summed E-state index contributed by atoms with van der Waals surface area (Å²) in [5, 5.41) is 13.9. The highest BCUT2D eigenvalue weighted by Crippen LogP contribution is 2.38. The molecule has 0 aromatic rings. The molecule has 0 aliphatic carbocycles. The molecule has 0 bridgehead atoms. The molecule has 0 saturated heterocycles. The van der Waals surface area contributed by atoms with Crippen molar-refractivity contribution in [3.8, 4) is 0 Å². The number of carbonyl (C=O) groups excluding carboxylic acids is 1. The second-order valence-electron chi connectivity index (χ2n) is 27.4. The molecular formula is C76H149N2O6P. The highest BCUT2D eigenvalue weighted by atomic mass is 31.2. The lowest BCUT2D eigenvalue weighted by Gasteiger charge is -2.29. The quantitative estimate of drug-likeness (QED) is 0.0272. The van der Waals surface area contributed by atoms with E-state index in [2.05, 4.69) is 43.5 Å². The van der Waals surface area contributed by atoms with Crippen molar-refractivity contribution in [1.29, 1.82) is 0 Å². The highest BCUT2D eigenvalue weighted by Gasteiger charge is 2.23. The molecule has 0 aliphatic rings. The number of likely N-dealkylation sites (N-methyl/N-ethyl adjacent to an activating group) is 1. The summed E-state index contributed by atoms with van der Waals surface area (Å²) in [5.74, 6) is -0.203. The Morgan fingerprint density at radius 3 is 0.953 bits per heavy atom. The molecule has 0 aliphatic heterocycles. The molecule has 85 heavy (non-hydrogen) atoms. The van der Waals surface area contributed by atoms with E-state index in [0.29, 0.717) is 17.4 Å². The van der Waals surface area contributed by atoms with Crippen molar-refractivity contribution in [2.75, 3.05) is 40.9 Å². The van der Waals surface area contributed by atoms with Gasteiger partial charge in [0.1, 0.15) is 13.2 Å². The van der Waals surface area contributed by atoms with Crippen LogP contribution in [0.25, 0.3) is 0 Å². The molecule has 0 spiro atoms. The highest BCUT2D eigenvalue weighted by molar-refractivity contribution is 7.45. The predicted molar refractivity (Wildman–Crippen MR) is 372 cm³/mol. The van der Waals surface area contributed by atoms with Gasteiger partial charge in [-0.1, -0.05) is 378 Å². The van der Waals surface area contributed by atoms with Crippen LogP contribution in [0, 0.1) is 0 Å². The summed E-state index contributed by atoms with van der Waals surface area (Å²) >= 11 is 0. The molecule has 3 atom stereocenters. The van der Waals surface area contributed by atoms with E-state index in [-0.39, 0.29) is 12.5 Å². The second-order valence-corrected chi connectivity index (χ2v) is 28.8.